The van der Waals surface area contributed by atoms with Gasteiger partial charge in [0, 0.05) is 27.8 Å². The number of benzene rings is 6. The number of aromatic nitrogens is 6. The third-order valence-corrected chi connectivity index (χ3v) is 9.67. The molecule has 1 aliphatic rings. The van der Waals surface area contributed by atoms with Gasteiger partial charge in [-0.1, -0.05) is 97.1 Å². The highest BCUT2D eigenvalue weighted by Gasteiger charge is 2.27. The van der Waals surface area contributed by atoms with E-state index in [1.165, 1.54) is 11.1 Å². The Morgan fingerprint density at radius 2 is 0.941 bits per heavy atom. The van der Waals surface area contributed by atoms with E-state index >= 15 is 0 Å². The summed E-state index contributed by atoms with van der Waals surface area (Å²) in [6.07, 6.45) is 3.06. The molecular weight excluding hydrogens is 637 g/mol. The summed E-state index contributed by atoms with van der Waals surface area (Å²) in [5, 5.41) is 31.2. The minimum atomic E-state index is 0.0391. The maximum Gasteiger partial charge on any atom is 0.248 e. The minimum absolute atomic E-state index is 0.0391. The number of nitrogens with zero attached hydrogens (tertiary/aromatic N) is 6. The van der Waals surface area contributed by atoms with Gasteiger partial charge in [0.15, 0.2) is 0 Å². The third kappa shape index (κ3) is 5.18. The second-order valence-electron chi connectivity index (χ2n) is 12.8. The van der Waals surface area contributed by atoms with Crippen molar-refractivity contribution in [2.24, 2.45) is 0 Å². The molecule has 1 aliphatic carbocycles. The van der Waals surface area contributed by atoms with Crippen LogP contribution < -0.4 is 0 Å². The van der Waals surface area contributed by atoms with Crippen LogP contribution in [-0.2, 0) is 6.42 Å². The van der Waals surface area contributed by atoms with Crippen molar-refractivity contribution in [3.8, 4) is 57.3 Å². The molecule has 244 valence electrons. The smallest absolute Gasteiger partial charge is 0.248 e. The first-order chi connectivity index (χ1) is 25.2. The van der Waals surface area contributed by atoms with Gasteiger partial charge >= 0.3 is 0 Å². The standard InChI is InChI=1S/C42H28N6O3/c1-4-16-31-25(10-1)13-7-19-34(31)40-46-43-37(49-40)28-22-29(38-44-47-41(50-38)35-20-8-14-26-11-2-5-17-32(26)35)24-30(23-28)39-45-48-42(51-39)36-21-9-15-27-12-3-6-18-33(27)36/h1-8,10-14,16-20,22-24,36H,9,15,21H2. The molecule has 1 atom stereocenters. The first-order valence-electron chi connectivity index (χ1n) is 17.0. The summed E-state index contributed by atoms with van der Waals surface area (Å²) < 4.78 is 19.1. The normalized spacial score (nSPS) is 14.2. The summed E-state index contributed by atoms with van der Waals surface area (Å²) >= 11 is 0. The number of rotatable bonds is 6. The molecular formula is C42H28N6O3. The molecule has 10 rings (SSSR count). The predicted octanol–water partition coefficient (Wildman–Crippen LogP) is 9.95. The predicted molar refractivity (Wildman–Crippen MR) is 193 cm³/mol. The lowest BCUT2D eigenvalue weighted by molar-refractivity contribution is 0.450. The van der Waals surface area contributed by atoms with Crippen molar-refractivity contribution in [2.45, 2.75) is 25.2 Å². The van der Waals surface area contributed by atoms with E-state index in [2.05, 4.69) is 79.1 Å². The van der Waals surface area contributed by atoms with E-state index < -0.39 is 0 Å². The average molecular weight is 665 g/mol. The van der Waals surface area contributed by atoms with Crippen LogP contribution in [-0.4, -0.2) is 30.6 Å². The molecule has 1 unspecified atom stereocenters. The molecule has 9 aromatic rings. The molecule has 0 saturated carbocycles. The zero-order valence-electron chi connectivity index (χ0n) is 27.2. The van der Waals surface area contributed by atoms with Crippen LogP contribution in [0.25, 0.3) is 78.8 Å². The summed E-state index contributed by atoms with van der Waals surface area (Å²) in [7, 11) is 0. The summed E-state index contributed by atoms with van der Waals surface area (Å²) in [5.74, 6) is 2.50. The van der Waals surface area contributed by atoms with Gasteiger partial charge < -0.3 is 13.3 Å². The molecule has 0 fully saturated rings. The van der Waals surface area contributed by atoms with Crippen molar-refractivity contribution < 1.29 is 13.3 Å². The van der Waals surface area contributed by atoms with Gasteiger partial charge in [0.05, 0.1) is 5.92 Å². The second-order valence-corrected chi connectivity index (χ2v) is 12.8. The molecule has 3 aromatic heterocycles. The molecule has 0 spiro atoms. The van der Waals surface area contributed by atoms with Gasteiger partial charge in [-0.3, -0.25) is 0 Å². The molecule has 0 N–H and O–H groups in total. The average Bonchev–Trinajstić information content (AvgIpc) is 4.00. The van der Waals surface area contributed by atoms with Gasteiger partial charge in [0.1, 0.15) is 0 Å². The molecule has 9 nitrogen and oxygen atoms in total. The molecule has 0 saturated heterocycles. The number of hydrogen-bond donors (Lipinski definition) is 0. The molecule has 51 heavy (non-hydrogen) atoms. The van der Waals surface area contributed by atoms with Crippen molar-refractivity contribution in [3.05, 3.63) is 144 Å². The monoisotopic (exact) mass is 664 g/mol. The number of hydrogen-bond acceptors (Lipinski definition) is 9. The van der Waals surface area contributed by atoms with Crippen LogP contribution in [0, 0.1) is 0 Å². The van der Waals surface area contributed by atoms with Crippen LogP contribution >= 0.6 is 0 Å². The number of aryl methyl sites for hydroxylation is 1. The van der Waals surface area contributed by atoms with Crippen molar-refractivity contribution in [1.29, 1.82) is 0 Å². The first-order valence-corrected chi connectivity index (χ1v) is 17.0. The van der Waals surface area contributed by atoms with Gasteiger partial charge in [-0.05, 0) is 82.3 Å². The van der Waals surface area contributed by atoms with E-state index in [4.69, 9.17) is 13.3 Å². The maximum absolute atomic E-state index is 6.44. The molecule has 0 bridgehead atoms. The van der Waals surface area contributed by atoms with Crippen molar-refractivity contribution in [2.75, 3.05) is 0 Å². The fourth-order valence-electron chi connectivity index (χ4n) is 7.22. The van der Waals surface area contributed by atoms with E-state index in [-0.39, 0.29) is 5.92 Å². The lowest BCUT2D eigenvalue weighted by atomic mass is 9.83. The highest BCUT2D eigenvalue weighted by atomic mass is 16.4. The molecule has 0 aliphatic heterocycles. The molecule has 3 heterocycles. The fourth-order valence-corrected chi connectivity index (χ4v) is 7.22. The first kappa shape index (κ1) is 29.2. The quantitative estimate of drug-likeness (QED) is 0.171. The van der Waals surface area contributed by atoms with E-state index in [1.54, 1.807) is 0 Å². The largest absolute Gasteiger partial charge is 0.420 e. The Bertz CT molecular complexity index is 2580. The van der Waals surface area contributed by atoms with Crippen LogP contribution in [0.3, 0.4) is 0 Å². The minimum Gasteiger partial charge on any atom is -0.420 e. The van der Waals surface area contributed by atoms with Crippen molar-refractivity contribution in [1.82, 2.24) is 30.6 Å². The third-order valence-electron chi connectivity index (χ3n) is 9.67. The highest BCUT2D eigenvalue weighted by molar-refractivity contribution is 5.95. The Labute approximate surface area is 291 Å². The Kier molecular flexibility index (Phi) is 6.87. The van der Waals surface area contributed by atoms with Crippen molar-refractivity contribution in [3.63, 3.8) is 0 Å². The Morgan fingerprint density at radius 3 is 1.57 bits per heavy atom. The van der Waals surface area contributed by atoms with Crippen LogP contribution in [0.15, 0.2) is 141 Å². The van der Waals surface area contributed by atoms with Crippen LogP contribution in [0.2, 0.25) is 0 Å². The van der Waals surface area contributed by atoms with Gasteiger partial charge in [-0.15, -0.1) is 30.6 Å². The summed E-state index contributed by atoms with van der Waals surface area (Å²) in [4.78, 5) is 0. The van der Waals surface area contributed by atoms with E-state index in [9.17, 15) is 0 Å². The molecule has 9 heteroatoms. The Hall–Kier alpha value is -6.74. The zero-order valence-corrected chi connectivity index (χ0v) is 27.2. The van der Waals surface area contributed by atoms with Gasteiger partial charge in [0.25, 0.3) is 0 Å². The summed E-state index contributed by atoms with van der Waals surface area (Å²) in [6, 6.07) is 42.5. The Morgan fingerprint density at radius 1 is 0.451 bits per heavy atom. The lowest BCUT2D eigenvalue weighted by Crippen LogP contribution is -2.11. The topological polar surface area (TPSA) is 117 Å². The van der Waals surface area contributed by atoms with E-state index in [0.717, 1.165) is 51.9 Å². The van der Waals surface area contributed by atoms with Gasteiger partial charge in [0.2, 0.25) is 35.3 Å². The van der Waals surface area contributed by atoms with Gasteiger partial charge in [-0.25, -0.2) is 0 Å². The second kappa shape index (κ2) is 12.0. The lowest BCUT2D eigenvalue weighted by Gasteiger charge is -2.22. The zero-order chi connectivity index (χ0) is 33.7. The Balaban J connectivity index is 1.08. The summed E-state index contributed by atoms with van der Waals surface area (Å²) in [5.41, 5.74) is 6.24. The van der Waals surface area contributed by atoms with Crippen molar-refractivity contribution >= 4 is 21.5 Å². The highest BCUT2D eigenvalue weighted by Crippen LogP contribution is 2.39. The van der Waals surface area contributed by atoms with Crippen LogP contribution in [0.5, 0.6) is 0 Å². The van der Waals surface area contributed by atoms with E-state index in [1.807, 2.05) is 78.9 Å². The SMILES string of the molecule is c1ccc2c(c1)CCCC2c1nnc(-c2cc(-c3nnc(-c4cccc5ccccc45)o3)cc(-c3nnc(-c4cccc5ccccc45)o3)c2)o1. The van der Waals surface area contributed by atoms with E-state index in [0.29, 0.717) is 52.0 Å². The molecule has 6 aromatic carbocycles. The maximum atomic E-state index is 6.44. The molecule has 0 radical (unpaired) electrons. The summed E-state index contributed by atoms with van der Waals surface area (Å²) in [6.45, 7) is 0. The van der Waals surface area contributed by atoms with Crippen LogP contribution in [0.4, 0.5) is 0 Å². The van der Waals surface area contributed by atoms with Gasteiger partial charge in [-0.2, -0.15) is 0 Å². The van der Waals surface area contributed by atoms with Crippen LogP contribution in [0.1, 0.15) is 35.8 Å². The number of fused-ring (bicyclic) bond motifs is 3. The molecule has 0 amide bonds. The fraction of sp³-hybridized carbons (Fsp3) is 0.0952.